The average Bonchev–Trinajstić information content (AvgIpc) is 2.68. The molecule has 7 nitrogen and oxygen atoms in total. The number of carbonyl (C=O) groups excluding carboxylic acids is 1. The van der Waals surface area contributed by atoms with E-state index in [1.807, 2.05) is 19.9 Å². The predicted molar refractivity (Wildman–Crippen MR) is 101 cm³/mol. The summed E-state index contributed by atoms with van der Waals surface area (Å²) in [6.07, 6.45) is 0.232. The maximum atomic E-state index is 11.7. The summed E-state index contributed by atoms with van der Waals surface area (Å²) in [6.45, 7) is 8.76. The molecule has 0 aliphatic rings. The molecule has 27 heavy (non-hydrogen) atoms. The highest BCUT2D eigenvalue weighted by Crippen LogP contribution is 2.00. The molecule has 0 saturated carbocycles. The van der Waals surface area contributed by atoms with Gasteiger partial charge in [0.2, 0.25) is 0 Å². The van der Waals surface area contributed by atoms with E-state index >= 15 is 0 Å². The first-order valence-corrected chi connectivity index (χ1v) is 9.35. The van der Waals surface area contributed by atoms with E-state index in [1.54, 1.807) is 24.3 Å². The first-order valence-electron chi connectivity index (χ1n) is 9.35. The molecular formula is C20H32O7. The van der Waals surface area contributed by atoms with Crippen molar-refractivity contribution in [3.63, 3.8) is 0 Å². The molecule has 154 valence electrons. The Morgan fingerprint density at radius 3 is 1.63 bits per heavy atom. The number of rotatable bonds is 17. The van der Waals surface area contributed by atoms with Gasteiger partial charge in [0, 0.05) is 0 Å². The van der Waals surface area contributed by atoms with Crippen molar-refractivity contribution >= 4 is 5.97 Å². The fourth-order valence-corrected chi connectivity index (χ4v) is 1.96. The summed E-state index contributed by atoms with van der Waals surface area (Å²) >= 11 is 0. The Balaban J connectivity index is 1.76. The summed E-state index contributed by atoms with van der Waals surface area (Å²) in [5.74, 6) is -0.343. The molecule has 0 N–H and O–H groups in total. The lowest BCUT2D eigenvalue weighted by atomic mass is 10.2. The molecule has 0 unspecified atom stereocenters. The summed E-state index contributed by atoms with van der Waals surface area (Å²) in [6, 6.07) is 8.87. The van der Waals surface area contributed by atoms with Crippen LogP contribution in [0.3, 0.4) is 0 Å². The van der Waals surface area contributed by atoms with Crippen LogP contribution in [0.1, 0.15) is 24.2 Å². The maximum Gasteiger partial charge on any atom is 0.338 e. The number of ether oxygens (including phenoxy) is 6. The van der Waals surface area contributed by atoms with Gasteiger partial charge in [-0.2, -0.15) is 0 Å². The normalized spacial score (nSPS) is 11.1. The molecule has 0 atom stereocenters. The van der Waals surface area contributed by atoms with Gasteiger partial charge < -0.3 is 28.4 Å². The number of carbonyl (C=O) groups is 1. The van der Waals surface area contributed by atoms with Crippen molar-refractivity contribution in [3.05, 3.63) is 35.9 Å². The lowest BCUT2D eigenvalue weighted by Crippen LogP contribution is -2.15. The van der Waals surface area contributed by atoms with Gasteiger partial charge in [0.15, 0.2) is 0 Å². The third-order valence-electron chi connectivity index (χ3n) is 3.27. The molecule has 0 bridgehead atoms. The van der Waals surface area contributed by atoms with Gasteiger partial charge in [-0.05, 0) is 26.0 Å². The van der Waals surface area contributed by atoms with Crippen LogP contribution < -0.4 is 0 Å². The second-order valence-electron chi connectivity index (χ2n) is 5.87. The molecule has 0 heterocycles. The molecular weight excluding hydrogens is 352 g/mol. The van der Waals surface area contributed by atoms with Crippen molar-refractivity contribution in [2.45, 2.75) is 20.0 Å². The summed E-state index contributed by atoms with van der Waals surface area (Å²) in [5.41, 5.74) is 0.537. The summed E-state index contributed by atoms with van der Waals surface area (Å²) in [4.78, 5) is 11.7. The van der Waals surface area contributed by atoms with E-state index in [2.05, 4.69) is 0 Å². The number of hydrogen-bond donors (Lipinski definition) is 0. The van der Waals surface area contributed by atoms with Crippen LogP contribution >= 0.6 is 0 Å². The number of hydrogen-bond acceptors (Lipinski definition) is 7. The molecule has 7 heteroatoms. The Labute approximate surface area is 161 Å². The van der Waals surface area contributed by atoms with E-state index in [4.69, 9.17) is 28.4 Å². The van der Waals surface area contributed by atoms with Crippen LogP contribution in [0.2, 0.25) is 0 Å². The lowest BCUT2D eigenvalue weighted by Gasteiger charge is -2.09. The highest BCUT2D eigenvalue weighted by molar-refractivity contribution is 5.89. The Kier molecular flexibility index (Phi) is 14.5. The van der Waals surface area contributed by atoms with Crippen molar-refractivity contribution in [1.82, 2.24) is 0 Å². The SMILES string of the molecule is CC(C)OCCOCCOCCOCCOCCOC(=O)c1ccccc1. The Morgan fingerprint density at radius 1 is 0.704 bits per heavy atom. The van der Waals surface area contributed by atoms with E-state index < -0.39 is 0 Å². The zero-order valence-electron chi connectivity index (χ0n) is 16.4. The van der Waals surface area contributed by atoms with E-state index in [9.17, 15) is 4.79 Å². The topological polar surface area (TPSA) is 72.5 Å². The van der Waals surface area contributed by atoms with Crippen molar-refractivity contribution in [1.29, 1.82) is 0 Å². The monoisotopic (exact) mass is 384 g/mol. The van der Waals surface area contributed by atoms with Crippen LogP contribution in [0.15, 0.2) is 30.3 Å². The van der Waals surface area contributed by atoms with E-state index in [0.29, 0.717) is 65.0 Å². The second kappa shape index (κ2) is 16.6. The highest BCUT2D eigenvalue weighted by atomic mass is 16.6. The first kappa shape index (κ1) is 23.5. The molecule has 1 rings (SSSR count). The second-order valence-corrected chi connectivity index (χ2v) is 5.87. The van der Waals surface area contributed by atoms with E-state index in [0.717, 1.165) is 0 Å². The Morgan fingerprint density at radius 2 is 1.15 bits per heavy atom. The zero-order valence-corrected chi connectivity index (χ0v) is 16.4. The van der Waals surface area contributed by atoms with Gasteiger partial charge >= 0.3 is 5.97 Å². The number of esters is 1. The van der Waals surface area contributed by atoms with Crippen molar-refractivity contribution in [2.75, 3.05) is 66.1 Å². The van der Waals surface area contributed by atoms with Crippen LogP contribution in [0.4, 0.5) is 0 Å². The quantitative estimate of drug-likeness (QED) is 0.301. The van der Waals surface area contributed by atoms with Crippen LogP contribution in [0.5, 0.6) is 0 Å². The molecule has 0 spiro atoms. The smallest absolute Gasteiger partial charge is 0.338 e. The minimum Gasteiger partial charge on any atom is -0.460 e. The van der Waals surface area contributed by atoms with Crippen molar-refractivity contribution in [2.24, 2.45) is 0 Å². The van der Waals surface area contributed by atoms with Gasteiger partial charge in [0.1, 0.15) is 6.61 Å². The van der Waals surface area contributed by atoms with Crippen molar-refractivity contribution < 1.29 is 33.2 Å². The molecule has 0 radical (unpaired) electrons. The molecule has 0 amide bonds. The minimum absolute atomic E-state index is 0.221. The molecule has 0 aromatic heterocycles. The third-order valence-corrected chi connectivity index (χ3v) is 3.27. The van der Waals surface area contributed by atoms with Gasteiger partial charge in [-0.1, -0.05) is 18.2 Å². The van der Waals surface area contributed by atoms with Gasteiger partial charge in [0.05, 0.1) is 71.1 Å². The molecule has 0 aliphatic heterocycles. The molecule has 0 fully saturated rings. The van der Waals surface area contributed by atoms with Crippen LogP contribution in [-0.2, 0) is 28.4 Å². The van der Waals surface area contributed by atoms with Crippen LogP contribution in [-0.4, -0.2) is 78.1 Å². The molecule has 1 aromatic rings. The van der Waals surface area contributed by atoms with Crippen LogP contribution in [0.25, 0.3) is 0 Å². The fraction of sp³-hybridized carbons (Fsp3) is 0.650. The summed E-state index contributed by atoms with van der Waals surface area (Å²) in [5, 5.41) is 0. The van der Waals surface area contributed by atoms with E-state index in [1.165, 1.54) is 0 Å². The zero-order chi connectivity index (χ0) is 19.6. The molecule has 1 aromatic carbocycles. The van der Waals surface area contributed by atoms with Gasteiger partial charge in [-0.15, -0.1) is 0 Å². The van der Waals surface area contributed by atoms with Gasteiger partial charge in [-0.25, -0.2) is 4.79 Å². The predicted octanol–water partition coefficient (Wildman–Crippen LogP) is 2.33. The largest absolute Gasteiger partial charge is 0.460 e. The Bertz CT molecular complexity index is 465. The fourth-order valence-electron chi connectivity index (χ4n) is 1.96. The minimum atomic E-state index is -0.343. The number of benzene rings is 1. The highest BCUT2D eigenvalue weighted by Gasteiger charge is 2.04. The summed E-state index contributed by atoms with van der Waals surface area (Å²) in [7, 11) is 0. The first-order chi connectivity index (χ1) is 13.2. The van der Waals surface area contributed by atoms with Crippen LogP contribution in [0, 0.1) is 0 Å². The summed E-state index contributed by atoms with van der Waals surface area (Å²) < 4.78 is 31.9. The maximum absolute atomic E-state index is 11.7. The van der Waals surface area contributed by atoms with Gasteiger partial charge in [-0.3, -0.25) is 0 Å². The van der Waals surface area contributed by atoms with Gasteiger partial charge in [0.25, 0.3) is 0 Å². The molecule has 0 aliphatic carbocycles. The third kappa shape index (κ3) is 14.2. The van der Waals surface area contributed by atoms with E-state index in [-0.39, 0.29) is 18.7 Å². The van der Waals surface area contributed by atoms with Crippen molar-refractivity contribution in [3.8, 4) is 0 Å². The Hall–Kier alpha value is -1.51. The standard InChI is InChI=1S/C20H32O7/c1-18(2)26-16-14-24-12-10-22-8-9-23-11-13-25-15-17-27-20(21)19-6-4-3-5-7-19/h3-7,18H,8-17H2,1-2H3. The lowest BCUT2D eigenvalue weighted by molar-refractivity contribution is -0.0201. The molecule has 0 saturated heterocycles. The average molecular weight is 384 g/mol.